The summed E-state index contributed by atoms with van der Waals surface area (Å²) in [5.74, 6) is 5.14. The van der Waals surface area contributed by atoms with E-state index in [1.807, 2.05) is 0 Å². The maximum absolute atomic E-state index is 10.5. The Morgan fingerprint density at radius 1 is 1.64 bits per heavy atom. The molecule has 0 aliphatic rings. The van der Waals surface area contributed by atoms with Gasteiger partial charge in [-0.15, -0.1) is 0 Å². The first kappa shape index (κ1) is 10.4. The van der Waals surface area contributed by atoms with Gasteiger partial charge in [0.2, 0.25) is 0 Å². The molecule has 0 fully saturated rings. The molecule has 0 saturated carbocycles. The second-order valence-corrected chi connectivity index (χ2v) is 2.66. The van der Waals surface area contributed by atoms with Crippen molar-refractivity contribution in [1.82, 2.24) is 4.98 Å². The average molecular weight is 212 g/mol. The number of rotatable bonds is 1. The fourth-order valence-corrected chi connectivity index (χ4v) is 1.01. The molecule has 1 aromatic rings. The summed E-state index contributed by atoms with van der Waals surface area (Å²) in [5, 5.41) is 10.4. The zero-order valence-corrected chi connectivity index (χ0v) is 7.78. The van der Waals surface area contributed by atoms with Gasteiger partial charge in [-0.2, -0.15) is 0 Å². The minimum atomic E-state index is -0.608. The van der Waals surface area contributed by atoms with Gasteiger partial charge in [-0.25, -0.2) is 0 Å². The molecule has 6 heteroatoms. The Kier molecular flexibility index (Phi) is 3.40. The van der Waals surface area contributed by atoms with E-state index in [9.17, 15) is 10.1 Å². The van der Waals surface area contributed by atoms with Crippen LogP contribution in [0.2, 0.25) is 5.02 Å². The highest BCUT2D eigenvalue weighted by atomic mass is 35.5. The van der Waals surface area contributed by atoms with Gasteiger partial charge in [-0.1, -0.05) is 23.4 Å². The van der Waals surface area contributed by atoms with E-state index in [1.54, 1.807) is 0 Å². The van der Waals surface area contributed by atoms with Crippen LogP contribution in [0.5, 0.6) is 0 Å². The van der Waals surface area contributed by atoms with Crippen molar-refractivity contribution in [2.24, 2.45) is 5.73 Å². The number of nitrogens with zero attached hydrogens (tertiary/aromatic N) is 2. The van der Waals surface area contributed by atoms with Gasteiger partial charge in [0.05, 0.1) is 17.0 Å². The predicted molar refractivity (Wildman–Crippen MR) is 51.8 cm³/mol. The molecular formula is C8H6ClN3O2. The molecule has 0 amide bonds. The maximum atomic E-state index is 10.5. The third-order valence-electron chi connectivity index (χ3n) is 1.38. The number of halogens is 1. The zero-order chi connectivity index (χ0) is 10.6. The van der Waals surface area contributed by atoms with E-state index < -0.39 is 4.92 Å². The summed E-state index contributed by atoms with van der Waals surface area (Å²) in [6.45, 7) is 0.166. The SMILES string of the molecule is NCC#Cc1cncc([N+](=O)[O-])c1Cl. The molecule has 0 bridgehead atoms. The van der Waals surface area contributed by atoms with Crippen molar-refractivity contribution in [3.05, 3.63) is 33.1 Å². The Balaban J connectivity index is 3.20. The van der Waals surface area contributed by atoms with Crippen LogP contribution in [0.15, 0.2) is 12.4 Å². The highest BCUT2D eigenvalue weighted by Crippen LogP contribution is 2.25. The van der Waals surface area contributed by atoms with Crippen molar-refractivity contribution in [3.8, 4) is 11.8 Å². The lowest BCUT2D eigenvalue weighted by Gasteiger charge is -1.95. The van der Waals surface area contributed by atoms with Gasteiger partial charge in [0.15, 0.2) is 0 Å². The molecule has 0 aliphatic heterocycles. The van der Waals surface area contributed by atoms with E-state index in [0.717, 1.165) is 6.20 Å². The van der Waals surface area contributed by atoms with Crippen LogP contribution in [-0.4, -0.2) is 16.5 Å². The first-order chi connectivity index (χ1) is 6.66. The minimum absolute atomic E-state index is 0.00838. The van der Waals surface area contributed by atoms with Crippen LogP contribution in [0, 0.1) is 22.0 Å². The average Bonchev–Trinajstić information content (AvgIpc) is 2.16. The van der Waals surface area contributed by atoms with Crippen LogP contribution >= 0.6 is 11.6 Å². The summed E-state index contributed by atoms with van der Waals surface area (Å²) in [7, 11) is 0. The largest absolute Gasteiger partial charge is 0.320 e. The predicted octanol–water partition coefficient (Wildman–Crippen LogP) is 0.953. The number of nitrogens with two attached hydrogens (primary N) is 1. The first-order valence-electron chi connectivity index (χ1n) is 3.63. The third-order valence-corrected chi connectivity index (χ3v) is 1.78. The second-order valence-electron chi connectivity index (χ2n) is 2.28. The summed E-state index contributed by atoms with van der Waals surface area (Å²) in [5.41, 5.74) is 5.21. The van der Waals surface area contributed by atoms with Gasteiger partial charge in [0.25, 0.3) is 0 Å². The minimum Gasteiger partial charge on any atom is -0.320 e. The van der Waals surface area contributed by atoms with E-state index in [0.29, 0.717) is 5.56 Å². The molecule has 0 saturated heterocycles. The second kappa shape index (κ2) is 4.56. The van der Waals surface area contributed by atoms with Crippen LogP contribution in [0.3, 0.4) is 0 Å². The van der Waals surface area contributed by atoms with Gasteiger partial charge in [0, 0.05) is 6.20 Å². The number of nitro groups is 1. The van der Waals surface area contributed by atoms with Crippen molar-refractivity contribution in [1.29, 1.82) is 0 Å². The van der Waals surface area contributed by atoms with E-state index >= 15 is 0 Å². The number of pyridine rings is 1. The summed E-state index contributed by atoms with van der Waals surface area (Å²) in [4.78, 5) is 13.5. The summed E-state index contributed by atoms with van der Waals surface area (Å²) >= 11 is 5.71. The van der Waals surface area contributed by atoms with E-state index in [4.69, 9.17) is 17.3 Å². The van der Waals surface area contributed by atoms with Gasteiger partial charge in [-0.05, 0) is 0 Å². The van der Waals surface area contributed by atoms with Crippen molar-refractivity contribution < 1.29 is 4.92 Å². The summed E-state index contributed by atoms with van der Waals surface area (Å²) in [6, 6.07) is 0. The Morgan fingerprint density at radius 3 is 2.93 bits per heavy atom. The zero-order valence-electron chi connectivity index (χ0n) is 7.03. The van der Waals surface area contributed by atoms with E-state index in [-0.39, 0.29) is 17.3 Å². The molecular weight excluding hydrogens is 206 g/mol. The fourth-order valence-electron chi connectivity index (χ4n) is 0.794. The molecule has 1 rings (SSSR count). The molecule has 0 aromatic carbocycles. The van der Waals surface area contributed by atoms with E-state index in [1.165, 1.54) is 6.20 Å². The lowest BCUT2D eigenvalue weighted by atomic mass is 10.2. The highest BCUT2D eigenvalue weighted by Gasteiger charge is 2.14. The normalized spacial score (nSPS) is 9.00. The molecule has 0 atom stereocenters. The third kappa shape index (κ3) is 2.19. The molecule has 5 nitrogen and oxygen atoms in total. The van der Waals surface area contributed by atoms with Crippen molar-refractivity contribution in [3.63, 3.8) is 0 Å². The monoisotopic (exact) mass is 211 g/mol. The standard InChI is InChI=1S/C8H6ClN3O2/c9-8-6(2-1-3-10)4-11-5-7(8)12(13)14/h4-5H,3,10H2. The summed E-state index contributed by atoms with van der Waals surface area (Å²) in [6.07, 6.45) is 2.44. The van der Waals surface area contributed by atoms with Gasteiger partial charge < -0.3 is 5.73 Å². The maximum Gasteiger partial charge on any atom is 0.307 e. The Hall–Kier alpha value is -1.64. The molecule has 0 spiro atoms. The first-order valence-corrected chi connectivity index (χ1v) is 4.01. The molecule has 0 aliphatic carbocycles. The molecule has 1 heterocycles. The van der Waals surface area contributed by atoms with Crippen LogP contribution in [-0.2, 0) is 0 Å². The Labute approximate surface area is 85.0 Å². The number of hydrogen-bond donors (Lipinski definition) is 1. The van der Waals surface area contributed by atoms with Crippen LogP contribution in [0.4, 0.5) is 5.69 Å². The Morgan fingerprint density at radius 2 is 2.36 bits per heavy atom. The van der Waals surface area contributed by atoms with Gasteiger partial charge >= 0.3 is 5.69 Å². The van der Waals surface area contributed by atoms with Crippen LogP contribution in [0.25, 0.3) is 0 Å². The van der Waals surface area contributed by atoms with Crippen molar-refractivity contribution >= 4 is 17.3 Å². The fraction of sp³-hybridized carbons (Fsp3) is 0.125. The molecule has 0 radical (unpaired) electrons. The van der Waals surface area contributed by atoms with Crippen LogP contribution < -0.4 is 5.73 Å². The Bertz CT molecular complexity index is 422. The number of aromatic nitrogens is 1. The van der Waals surface area contributed by atoms with Gasteiger partial charge in [-0.3, -0.25) is 15.1 Å². The van der Waals surface area contributed by atoms with Gasteiger partial charge in [0.1, 0.15) is 11.2 Å². The molecule has 72 valence electrons. The molecule has 2 N–H and O–H groups in total. The topological polar surface area (TPSA) is 82.0 Å². The summed E-state index contributed by atoms with van der Waals surface area (Å²) < 4.78 is 0. The quantitative estimate of drug-likeness (QED) is 0.426. The lowest BCUT2D eigenvalue weighted by molar-refractivity contribution is -0.385. The lowest BCUT2D eigenvalue weighted by Crippen LogP contribution is -1.95. The highest BCUT2D eigenvalue weighted by molar-refractivity contribution is 6.33. The van der Waals surface area contributed by atoms with Crippen molar-refractivity contribution in [2.75, 3.05) is 6.54 Å². The van der Waals surface area contributed by atoms with E-state index in [2.05, 4.69) is 16.8 Å². The number of hydrogen-bond acceptors (Lipinski definition) is 4. The molecule has 0 unspecified atom stereocenters. The smallest absolute Gasteiger partial charge is 0.307 e. The van der Waals surface area contributed by atoms with Crippen LogP contribution in [0.1, 0.15) is 5.56 Å². The molecule has 14 heavy (non-hydrogen) atoms. The molecule has 1 aromatic heterocycles. The van der Waals surface area contributed by atoms with Crippen molar-refractivity contribution in [2.45, 2.75) is 0 Å².